The van der Waals surface area contributed by atoms with Crippen molar-refractivity contribution in [2.24, 2.45) is 13.0 Å². The summed E-state index contributed by atoms with van der Waals surface area (Å²) in [5.41, 5.74) is 5.68. The van der Waals surface area contributed by atoms with Crippen LogP contribution in [-0.2, 0) is 21.4 Å². The van der Waals surface area contributed by atoms with Crippen molar-refractivity contribution in [2.45, 2.75) is 34.6 Å². The highest BCUT2D eigenvalue weighted by molar-refractivity contribution is 6.23. The van der Waals surface area contributed by atoms with Gasteiger partial charge < -0.3 is 9.30 Å². The van der Waals surface area contributed by atoms with Crippen molar-refractivity contribution >= 4 is 28.4 Å². The molecule has 0 bridgehead atoms. The summed E-state index contributed by atoms with van der Waals surface area (Å²) in [6, 6.07) is 8.12. The highest BCUT2D eigenvalue weighted by Crippen LogP contribution is 2.41. The van der Waals surface area contributed by atoms with E-state index in [-0.39, 0.29) is 5.92 Å². The molecule has 1 saturated heterocycles. The van der Waals surface area contributed by atoms with Gasteiger partial charge in [-0.15, -0.1) is 0 Å². The predicted molar refractivity (Wildman–Crippen MR) is 98.9 cm³/mol. The van der Waals surface area contributed by atoms with Crippen LogP contribution in [0.2, 0.25) is 0 Å². The Kier molecular flexibility index (Phi) is 4.15. The van der Waals surface area contributed by atoms with E-state index >= 15 is 0 Å². The summed E-state index contributed by atoms with van der Waals surface area (Å²) in [4.78, 5) is 24.7. The first-order valence-corrected chi connectivity index (χ1v) is 8.48. The minimum atomic E-state index is -0.545. The van der Waals surface area contributed by atoms with E-state index in [1.54, 1.807) is 0 Å². The quantitative estimate of drug-likeness (QED) is 0.466. The summed E-state index contributed by atoms with van der Waals surface area (Å²) in [5.74, 6) is -1.03. The van der Waals surface area contributed by atoms with E-state index in [0.717, 1.165) is 33.3 Å². The van der Waals surface area contributed by atoms with Crippen LogP contribution in [0.5, 0.6) is 0 Å². The van der Waals surface area contributed by atoms with Crippen LogP contribution in [0.25, 0.3) is 16.5 Å². The van der Waals surface area contributed by atoms with E-state index < -0.39 is 11.9 Å². The Balaban J connectivity index is 2.48. The third-order valence-electron chi connectivity index (χ3n) is 4.86. The maximum atomic E-state index is 12.5. The van der Waals surface area contributed by atoms with E-state index in [1.807, 2.05) is 53.8 Å². The van der Waals surface area contributed by atoms with Crippen LogP contribution in [0.4, 0.5) is 0 Å². The van der Waals surface area contributed by atoms with Gasteiger partial charge in [0, 0.05) is 29.2 Å². The van der Waals surface area contributed by atoms with E-state index in [1.165, 1.54) is 0 Å². The summed E-state index contributed by atoms with van der Waals surface area (Å²) in [5, 5.41) is 1.08. The lowest BCUT2D eigenvalue weighted by Crippen LogP contribution is -2.07. The number of allylic oxidation sites excluding steroid dienone is 2. The zero-order valence-corrected chi connectivity index (χ0v) is 15.6. The van der Waals surface area contributed by atoms with E-state index in [4.69, 9.17) is 4.74 Å². The van der Waals surface area contributed by atoms with E-state index in [0.29, 0.717) is 11.1 Å². The molecule has 1 aromatic heterocycles. The number of hydrogen-bond donors (Lipinski definition) is 0. The second-order valence-electron chi connectivity index (χ2n) is 7.03. The molecule has 2 aromatic rings. The third-order valence-corrected chi connectivity index (χ3v) is 4.86. The first kappa shape index (κ1) is 17.2. The number of rotatable bonds is 2. The molecule has 0 aliphatic carbocycles. The molecule has 1 aliphatic heterocycles. The lowest BCUT2D eigenvalue weighted by molar-refractivity contribution is -0.149. The largest absolute Gasteiger partial charge is 0.386 e. The number of fused-ring (bicyclic) bond motifs is 1. The first-order chi connectivity index (χ1) is 11.8. The molecule has 25 heavy (non-hydrogen) atoms. The number of ether oxygens (including phenoxy) is 1. The average molecular weight is 337 g/mol. The van der Waals surface area contributed by atoms with Gasteiger partial charge in [-0.2, -0.15) is 0 Å². The number of para-hydroxylation sites is 1. The van der Waals surface area contributed by atoms with Gasteiger partial charge >= 0.3 is 11.9 Å². The van der Waals surface area contributed by atoms with Gasteiger partial charge in [0.2, 0.25) is 0 Å². The van der Waals surface area contributed by atoms with E-state index in [9.17, 15) is 9.59 Å². The van der Waals surface area contributed by atoms with Crippen LogP contribution >= 0.6 is 0 Å². The maximum Gasteiger partial charge on any atom is 0.347 e. The molecule has 0 spiro atoms. The number of carbonyl (C=O) groups is 2. The molecule has 0 unspecified atom stereocenters. The minimum Gasteiger partial charge on any atom is -0.386 e. The van der Waals surface area contributed by atoms with Gasteiger partial charge in [-0.1, -0.05) is 37.6 Å². The highest BCUT2D eigenvalue weighted by atomic mass is 16.6. The van der Waals surface area contributed by atoms with Crippen LogP contribution in [0.15, 0.2) is 41.0 Å². The number of esters is 2. The molecule has 1 aliphatic rings. The Bertz CT molecular complexity index is 966. The Morgan fingerprint density at radius 1 is 1.04 bits per heavy atom. The van der Waals surface area contributed by atoms with Crippen molar-refractivity contribution in [3.8, 4) is 0 Å². The van der Waals surface area contributed by atoms with Gasteiger partial charge in [-0.3, -0.25) is 0 Å². The fraction of sp³-hybridized carbons (Fsp3) is 0.333. The molecule has 3 rings (SSSR count). The van der Waals surface area contributed by atoms with Crippen LogP contribution < -0.4 is 0 Å². The molecule has 4 heteroatoms. The number of aryl methyl sites for hydroxylation is 1. The molecule has 130 valence electrons. The van der Waals surface area contributed by atoms with Gasteiger partial charge in [-0.05, 0) is 38.3 Å². The molecule has 0 amide bonds. The second-order valence-corrected chi connectivity index (χ2v) is 7.03. The predicted octanol–water partition coefficient (Wildman–Crippen LogP) is 4.32. The summed E-state index contributed by atoms with van der Waals surface area (Å²) in [7, 11) is 2.02. The number of nitrogens with zero attached hydrogens (tertiary/aromatic N) is 1. The van der Waals surface area contributed by atoms with Gasteiger partial charge in [-0.25, -0.2) is 9.59 Å². The number of aromatic nitrogens is 1. The number of hydrogen-bond acceptors (Lipinski definition) is 3. The van der Waals surface area contributed by atoms with Crippen molar-refractivity contribution in [2.75, 3.05) is 0 Å². The highest BCUT2D eigenvalue weighted by Gasteiger charge is 2.38. The topological polar surface area (TPSA) is 48.3 Å². The van der Waals surface area contributed by atoms with Gasteiger partial charge in [0.15, 0.2) is 0 Å². The van der Waals surface area contributed by atoms with Crippen molar-refractivity contribution in [3.63, 3.8) is 0 Å². The molecule has 4 nitrogen and oxygen atoms in total. The monoisotopic (exact) mass is 337 g/mol. The van der Waals surface area contributed by atoms with Crippen LogP contribution in [0, 0.1) is 12.8 Å². The number of cyclic esters (lactones) is 2. The number of carbonyl (C=O) groups excluding carboxylic acids is 2. The van der Waals surface area contributed by atoms with Crippen molar-refractivity contribution in [1.82, 2.24) is 4.57 Å². The molecule has 0 saturated carbocycles. The first-order valence-electron chi connectivity index (χ1n) is 8.48. The fourth-order valence-electron chi connectivity index (χ4n) is 3.65. The molecular formula is C21H23NO3. The maximum absolute atomic E-state index is 12.5. The summed E-state index contributed by atoms with van der Waals surface area (Å²) < 4.78 is 7.08. The molecule has 0 atom stereocenters. The van der Waals surface area contributed by atoms with Gasteiger partial charge in [0.25, 0.3) is 0 Å². The van der Waals surface area contributed by atoms with Gasteiger partial charge in [0.1, 0.15) is 0 Å². The molecule has 1 aromatic carbocycles. The Morgan fingerprint density at radius 3 is 2.24 bits per heavy atom. The smallest absolute Gasteiger partial charge is 0.347 e. The Hall–Kier alpha value is -2.62. The molecular weight excluding hydrogens is 314 g/mol. The summed E-state index contributed by atoms with van der Waals surface area (Å²) in [6.07, 6.45) is 0. The van der Waals surface area contributed by atoms with Gasteiger partial charge in [0.05, 0.1) is 11.1 Å². The zero-order chi connectivity index (χ0) is 18.5. The van der Waals surface area contributed by atoms with Crippen LogP contribution in [0.1, 0.15) is 39.0 Å². The number of benzene rings is 1. The Morgan fingerprint density at radius 2 is 1.64 bits per heavy atom. The van der Waals surface area contributed by atoms with Crippen molar-refractivity contribution in [3.05, 3.63) is 52.2 Å². The average Bonchev–Trinajstić information content (AvgIpc) is 2.97. The van der Waals surface area contributed by atoms with Crippen LogP contribution in [-0.4, -0.2) is 16.5 Å². The van der Waals surface area contributed by atoms with Crippen molar-refractivity contribution in [1.29, 1.82) is 0 Å². The molecule has 0 radical (unpaired) electrons. The summed E-state index contributed by atoms with van der Waals surface area (Å²) >= 11 is 0. The SMILES string of the molecule is CC(C)=C1C(=O)OC(=O)C1=C(c1c(C)n(C)c2ccccc12)C(C)C. The second kappa shape index (κ2) is 6.03. The zero-order valence-electron chi connectivity index (χ0n) is 15.6. The Labute approximate surface area is 147 Å². The lowest BCUT2D eigenvalue weighted by atomic mass is 9.85. The normalized spacial score (nSPS) is 16.8. The molecule has 1 fully saturated rings. The lowest BCUT2D eigenvalue weighted by Gasteiger charge is -2.16. The minimum absolute atomic E-state index is 0.0623. The fourth-order valence-corrected chi connectivity index (χ4v) is 3.65. The van der Waals surface area contributed by atoms with Crippen LogP contribution in [0.3, 0.4) is 0 Å². The summed E-state index contributed by atoms with van der Waals surface area (Å²) in [6.45, 7) is 9.80. The van der Waals surface area contributed by atoms with Crippen molar-refractivity contribution < 1.29 is 14.3 Å². The van der Waals surface area contributed by atoms with E-state index in [2.05, 4.69) is 16.7 Å². The third kappa shape index (κ3) is 2.53. The standard InChI is InChI=1S/C21H23NO3/c1-11(2)16(19-17(12(3)4)20(23)25-21(19)24)18-13(5)22(6)15-10-8-7-9-14(15)18/h7-11H,1-6H3. The molecule has 0 N–H and O–H groups in total. The molecule has 2 heterocycles.